The molecule has 7 nitrogen and oxygen atoms in total. The van der Waals surface area contributed by atoms with Gasteiger partial charge in [-0.3, -0.25) is 4.79 Å². The van der Waals surface area contributed by atoms with Crippen LogP contribution in [0.4, 0.5) is 16.5 Å². The fraction of sp³-hybridized carbons (Fsp3) is 0.211. The first-order chi connectivity index (χ1) is 13.6. The number of anilines is 3. The predicted molar refractivity (Wildman–Crippen MR) is 113 cm³/mol. The Kier molecular flexibility index (Phi) is 6.72. The summed E-state index contributed by atoms with van der Waals surface area (Å²) in [6.07, 6.45) is 0. The van der Waals surface area contributed by atoms with Crippen molar-refractivity contribution in [2.75, 3.05) is 24.9 Å². The van der Waals surface area contributed by atoms with Gasteiger partial charge in [-0.25, -0.2) is 0 Å². The molecule has 0 aliphatic heterocycles. The Morgan fingerprint density at radius 2 is 1.79 bits per heavy atom. The topological polar surface area (TPSA) is 85.4 Å². The minimum absolute atomic E-state index is 0.113. The smallest absolute Gasteiger partial charge is 0.237 e. The highest BCUT2D eigenvalue weighted by Gasteiger charge is 2.17. The normalized spacial score (nSPS) is 11.5. The molecule has 3 rings (SSSR count). The van der Waals surface area contributed by atoms with Crippen molar-refractivity contribution in [1.82, 2.24) is 10.2 Å². The Morgan fingerprint density at radius 1 is 1.04 bits per heavy atom. The highest BCUT2D eigenvalue weighted by Crippen LogP contribution is 2.31. The monoisotopic (exact) mass is 416 g/mol. The summed E-state index contributed by atoms with van der Waals surface area (Å²) in [6, 6.07) is 14.8. The second-order valence-electron chi connectivity index (χ2n) is 5.71. The van der Waals surface area contributed by atoms with E-state index in [0.717, 1.165) is 11.4 Å². The summed E-state index contributed by atoms with van der Waals surface area (Å²) in [6.45, 7) is 1.83. The van der Waals surface area contributed by atoms with Crippen LogP contribution in [0, 0.1) is 0 Å². The van der Waals surface area contributed by atoms with E-state index in [2.05, 4.69) is 20.8 Å². The van der Waals surface area contributed by atoms with Gasteiger partial charge in [0.25, 0.3) is 0 Å². The molecule has 0 aliphatic rings. The zero-order chi connectivity index (χ0) is 19.9. The SMILES string of the molecule is COc1ccc(Nc2nnc(SC(C)C(=O)Nc3cccc(OC)c3)s2)cc1. The van der Waals surface area contributed by atoms with Crippen LogP contribution in [0.5, 0.6) is 11.5 Å². The third-order valence-corrected chi connectivity index (χ3v) is 5.75. The quantitative estimate of drug-likeness (QED) is 0.526. The number of carbonyl (C=O) groups excluding carboxylic acids is 1. The summed E-state index contributed by atoms with van der Waals surface area (Å²) in [5.74, 6) is 1.37. The number of nitrogens with one attached hydrogen (secondary N) is 2. The van der Waals surface area contributed by atoms with E-state index in [1.165, 1.54) is 23.1 Å². The van der Waals surface area contributed by atoms with E-state index in [0.29, 0.717) is 20.9 Å². The predicted octanol–water partition coefficient (Wildman–Crippen LogP) is 4.42. The third kappa shape index (κ3) is 5.37. The maximum Gasteiger partial charge on any atom is 0.237 e. The van der Waals surface area contributed by atoms with Crippen LogP contribution < -0.4 is 20.1 Å². The number of amides is 1. The lowest BCUT2D eigenvalue weighted by Gasteiger charge is -2.11. The highest BCUT2D eigenvalue weighted by molar-refractivity contribution is 8.02. The molecule has 0 aliphatic carbocycles. The Hall–Kier alpha value is -2.78. The van der Waals surface area contributed by atoms with Crippen LogP contribution in [0.2, 0.25) is 0 Å². The fourth-order valence-electron chi connectivity index (χ4n) is 2.26. The first kappa shape index (κ1) is 20.0. The fourth-order valence-corrected chi connectivity index (χ4v) is 4.17. The first-order valence-electron chi connectivity index (χ1n) is 8.43. The minimum Gasteiger partial charge on any atom is -0.497 e. The van der Waals surface area contributed by atoms with Gasteiger partial charge in [0, 0.05) is 17.4 Å². The largest absolute Gasteiger partial charge is 0.497 e. The second-order valence-corrected chi connectivity index (χ2v) is 8.27. The van der Waals surface area contributed by atoms with Gasteiger partial charge in [0.05, 0.1) is 19.5 Å². The molecule has 1 heterocycles. The Balaban J connectivity index is 1.56. The van der Waals surface area contributed by atoms with Crippen LogP contribution in [-0.2, 0) is 4.79 Å². The number of ether oxygens (including phenoxy) is 2. The van der Waals surface area contributed by atoms with Crippen molar-refractivity contribution in [2.45, 2.75) is 16.5 Å². The Morgan fingerprint density at radius 3 is 2.50 bits per heavy atom. The first-order valence-corrected chi connectivity index (χ1v) is 10.1. The van der Waals surface area contributed by atoms with Crippen LogP contribution in [0.3, 0.4) is 0 Å². The van der Waals surface area contributed by atoms with Gasteiger partial charge in [-0.15, -0.1) is 10.2 Å². The summed E-state index contributed by atoms with van der Waals surface area (Å²) >= 11 is 2.75. The van der Waals surface area contributed by atoms with Gasteiger partial charge < -0.3 is 20.1 Å². The maximum atomic E-state index is 12.4. The molecule has 2 aromatic carbocycles. The van der Waals surface area contributed by atoms with Crippen molar-refractivity contribution < 1.29 is 14.3 Å². The summed E-state index contributed by atoms with van der Waals surface area (Å²) in [4.78, 5) is 12.4. The van der Waals surface area contributed by atoms with Gasteiger partial charge in [-0.1, -0.05) is 29.2 Å². The molecule has 1 aromatic heterocycles. The van der Waals surface area contributed by atoms with E-state index in [4.69, 9.17) is 9.47 Å². The molecule has 1 atom stereocenters. The molecule has 1 amide bonds. The number of hydrogen-bond acceptors (Lipinski definition) is 8. The average molecular weight is 417 g/mol. The Bertz CT molecular complexity index is 931. The van der Waals surface area contributed by atoms with Crippen molar-refractivity contribution in [3.8, 4) is 11.5 Å². The van der Waals surface area contributed by atoms with Crippen LogP contribution in [0.15, 0.2) is 52.9 Å². The minimum atomic E-state index is -0.326. The molecule has 0 spiro atoms. The molecule has 3 aromatic rings. The summed E-state index contributed by atoms with van der Waals surface area (Å²) in [7, 11) is 3.22. The van der Waals surface area contributed by atoms with E-state index in [1.807, 2.05) is 49.4 Å². The molecule has 0 saturated carbocycles. The molecule has 9 heteroatoms. The van der Waals surface area contributed by atoms with Crippen molar-refractivity contribution in [3.63, 3.8) is 0 Å². The van der Waals surface area contributed by atoms with Gasteiger partial charge in [0.1, 0.15) is 11.5 Å². The summed E-state index contributed by atoms with van der Waals surface area (Å²) < 4.78 is 11.0. The lowest BCUT2D eigenvalue weighted by Crippen LogP contribution is -2.22. The number of aromatic nitrogens is 2. The van der Waals surface area contributed by atoms with Crippen LogP contribution in [0.1, 0.15) is 6.92 Å². The zero-order valence-electron chi connectivity index (χ0n) is 15.6. The molecule has 0 radical (unpaired) electrons. The van der Waals surface area contributed by atoms with E-state index in [9.17, 15) is 4.79 Å². The molecule has 1 unspecified atom stereocenters. The lowest BCUT2D eigenvalue weighted by atomic mass is 10.3. The summed E-state index contributed by atoms with van der Waals surface area (Å²) in [5.41, 5.74) is 1.58. The van der Waals surface area contributed by atoms with Crippen LogP contribution in [0.25, 0.3) is 0 Å². The van der Waals surface area contributed by atoms with Crippen molar-refractivity contribution in [2.24, 2.45) is 0 Å². The number of thioether (sulfide) groups is 1. The standard InChI is InChI=1S/C19H20N4O3S2/c1-12(17(24)20-14-5-4-6-16(11-14)26-3)27-19-23-22-18(28-19)21-13-7-9-15(25-2)10-8-13/h4-12H,1-3H3,(H,20,24)(H,21,22). The molecule has 0 saturated heterocycles. The lowest BCUT2D eigenvalue weighted by molar-refractivity contribution is -0.115. The maximum absolute atomic E-state index is 12.4. The number of nitrogens with zero attached hydrogens (tertiary/aromatic N) is 2. The van der Waals surface area contributed by atoms with Crippen LogP contribution >= 0.6 is 23.1 Å². The third-order valence-electron chi connectivity index (χ3n) is 3.73. The molecular weight excluding hydrogens is 396 g/mol. The van der Waals surface area contributed by atoms with Crippen molar-refractivity contribution in [1.29, 1.82) is 0 Å². The summed E-state index contributed by atoms with van der Waals surface area (Å²) in [5, 5.41) is 14.7. The van der Waals surface area contributed by atoms with Gasteiger partial charge in [0.15, 0.2) is 4.34 Å². The molecule has 0 fully saturated rings. The van der Waals surface area contributed by atoms with Gasteiger partial charge in [-0.05, 0) is 43.3 Å². The van der Waals surface area contributed by atoms with Crippen molar-refractivity contribution in [3.05, 3.63) is 48.5 Å². The van der Waals surface area contributed by atoms with Gasteiger partial charge >= 0.3 is 0 Å². The number of methoxy groups -OCH3 is 2. The molecular formula is C19H20N4O3S2. The molecule has 0 bridgehead atoms. The number of hydrogen-bond donors (Lipinski definition) is 2. The van der Waals surface area contributed by atoms with E-state index in [1.54, 1.807) is 20.3 Å². The highest BCUT2D eigenvalue weighted by atomic mass is 32.2. The molecule has 28 heavy (non-hydrogen) atoms. The van der Waals surface area contributed by atoms with Crippen LogP contribution in [-0.4, -0.2) is 35.6 Å². The van der Waals surface area contributed by atoms with E-state index in [-0.39, 0.29) is 11.2 Å². The number of rotatable bonds is 8. The van der Waals surface area contributed by atoms with Gasteiger partial charge in [0.2, 0.25) is 11.0 Å². The molecule has 146 valence electrons. The van der Waals surface area contributed by atoms with Gasteiger partial charge in [-0.2, -0.15) is 0 Å². The average Bonchev–Trinajstić information content (AvgIpc) is 3.15. The zero-order valence-corrected chi connectivity index (χ0v) is 17.3. The Labute approximate surface area is 171 Å². The second kappa shape index (κ2) is 9.43. The van der Waals surface area contributed by atoms with E-state index >= 15 is 0 Å². The molecule has 2 N–H and O–H groups in total. The van der Waals surface area contributed by atoms with Crippen molar-refractivity contribution >= 4 is 45.5 Å². The number of benzene rings is 2. The number of carbonyl (C=O) groups is 1. The van der Waals surface area contributed by atoms with E-state index < -0.39 is 0 Å².